The molecule has 0 radical (unpaired) electrons. The molecule has 1 fully saturated rings. The summed E-state index contributed by atoms with van der Waals surface area (Å²) in [7, 11) is 1.86. The number of hydrogen-bond acceptors (Lipinski definition) is 3. The molecule has 1 aliphatic carbocycles. The van der Waals surface area contributed by atoms with Gasteiger partial charge in [0.15, 0.2) is 0 Å². The van der Waals surface area contributed by atoms with Crippen LogP contribution in [0.4, 0.5) is 0 Å². The van der Waals surface area contributed by atoms with Gasteiger partial charge in [0.25, 0.3) is 0 Å². The van der Waals surface area contributed by atoms with E-state index in [1.54, 1.807) is 16.2 Å². The van der Waals surface area contributed by atoms with Crippen molar-refractivity contribution in [2.75, 3.05) is 7.05 Å². The summed E-state index contributed by atoms with van der Waals surface area (Å²) < 4.78 is 0. The maximum Gasteiger partial charge on any atom is 0.239 e. The zero-order valence-electron chi connectivity index (χ0n) is 11.3. The van der Waals surface area contributed by atoms with E-state index in [0.717, 1.165) is 6.42 Å². The summed E-state index contributed by atoms with van der Waals surface area (Å²) in [6.07, 6.45) is 3.33. The second kappa shape index (κ2) is 5.41. The maximum absolute atomic E-state index is 12.2. The lowest BCUT2D eigenvalue weighted by Crippen LogP contribution is -2.42. The largest absolute Gasteiger partial charge is 0.337 e. The van der Waals surface area contributed by atoms with Crippen molar-refractivity contribution < 1.29 is 4.79 Å². The maximum atomic E-state index is 12.2. The molecule has 2 atom stereocenters. The van der Waals surface area contributed by atoms with E-state index in [-0.39, 0.29) is 18.0 Å². The molecule has 0 aliphatic heterocycles. The summed E-state index contributed by atoms with van der Waals surface area (Å²) in [5.74, 6) is 0.761. The minimum absolute atomic E-state index is 0.0699. The first-order chi connectivity index (χ1) is 8.49. The van der Waals surface area contributed by atoms with Gasteiger partial charge in [-0.15, -0.1) is 11.3 Å². The monoisotopic (exact) mass is 266 g/mol. The van der Waals surface area contributed by atoms with Gasteiger partial charge in [0.1, 0.15) is 0 Å². The number of carbonyl (C=O) groups is 1. The molecule has 1 aromatic heterocycles. The van der Waals surface area contributed by atoms with Gasteiger partial charge in [-0.05, 0) is 38.3 Å². The SMILES string of the molecule is Cc1ccc(C(C)N(C)C(=O)[C@@H](N)CC2CC2)s1. The fourth-order valence-electron chi connectivity index (χ4n) is 2.13. The van der Waals surface area contributed by atoms with Crippen LogP contribution < -0.4 is 5.73 Å². The summed E-state index contributed by atoms with van der Waals surface area (Å²) in [5, 5.41) is 0. The minimum atomic E-state index is -0.328. The zero-order valence-corrected chi connectivity index (χ0v) is 12.2. The fourth-order valence-corrected chi connectivity index (χ4v) is 3.11. The first kappa shape index (κ1) is 13.6. The molecule has 2 N–H and O–H groups in total. The van der Waals surface area contributed by atoms with Crippen LogP contribution in [0.25, 0.3) is 0 Å². The van der Waals surface area contributed by atoms with E-state index in [1.165, 1.54) is 22.6 Å². The van der Waals surface area contributed by atoms with Crippen LogP contribution in [-0.4, -0.2) is 23.9 Å². The van der Waals surface area contributed by atoms with Crippen LogP contribution in [0.15, 0.2) is 12.1 Å². The predicted molar refractivity (Wildman–Crippen MR) is 75.6 cm³/mol. The van der Waals surface area contributed by atoms with Crippen LogP contribution in [0, 0.1) is 12.8 Å². The van der Waals surface area contributed by atoms with E-state index in [2.05, 4.69) is 26.0 Å². The van der Waals surface area contributed by atoms with Crippen molar-refractivity contribution >= 4 is 17.2 Å². The summed E-state index contributed by atoms with van der Waals surface area (Å²) in [6, 6.07) is 3.98. The van der Waals surface area contributed by atoms with Crippen molar-refractivity contribution in [3.63, 3.8) is 0 Å². The number of nitrogens with two attached hydrogens (primary N) is 1. The van der Waals surface area contributed by atoms with Gasteiger partial charge in [0.2, 0.25) is 5.91 Å². The van der Waals surface area contributed by atoms with Gasteiger partial charge < -0.3 is 10.6 Å². The van der Waals surface area contributed by atoms with Gasteiger partial charge >= 0.3 is 0 Å². The smallest absolute Gasteiger partial charge is 0.239 e. The van der Waals surface area contributed by atoms with E-state index < -0.39 is 0 Å². The van der Waals surface area contributed by atoms with Gasteiger partial charge in [-0.2, -0.15) is 0 Å². The number of likely N-dealkylation sites (N-methyl/N-ethyl adjacent to an activating group) is 1. The highest BCUT2D eigenvalue weighted by Gasteiger charge is 2.30. The molecule has 3 nitrogen and oxygen atoms in total. The van der Waals surface area contributed by atoms with Crippen LogP contribution >= 0.6 is 11.3 Å². The Morgan fingerprint density at radius 2 is 2.22 bits per heavy atom. The molecule has 1 aromatic rings. The quantitative estimate of drug-likeness (QED) is 0.890. The van der Waals surface area contributed by atoms with E-state index in [0.29, 0.717) is 5.92 Å². The molecule has 100 valence electrons. The lowest BCUT2D eigenvalue weighted by molar-refractivity contribution is -0.133. The molecule has 1 heterocycles. The molecule has 0 saturated heterocycles. The molecule has 1 saturated carbocycles. The van der Waals surface area contributed by atoms with Crippen LogP contribution in [0.5, 0.6) is 0 Å². The summed E-state index contributed by atoms with van der Waals surface area (Å²) in [4.78, 5) is 16.5. The number of hydrogen-bond donors (Lipinski definition) is 1. The van der Waals surface area contributed by atoms with Crippen LogP contribution in [0.2, 0.25) is 0 Å². The lowest BCUT2D eigenvalue weighted by atomic mass is 10.1. The number of carbonyl (C=O) groups excluding carboxylic acids is 1. The Bertz CT molecular complexity index is 425. The number of aryl methyl sites for hydroxylation is 1. The Kier molecular flexibility index (Phi) is 4.07. The van der Waals surface area contributed by atoms with Crippen molar-refractivity contribution in [2.45, 2.75) is 45.2 Å². The van der Waals surface area contributed by atoms with E-state index in [9.17, 15) is 4.79 Å². The summed E-state index contributed by atoms with van der Waals surface area (Å²) in [6.45, 7) is 4.15. The molecule has 1 aliphatic rings. The van der Waals surface area contributed by atoms with E-state index in [1.807, 2.05) is 7.05 Å². The zero-order chi connectivity index (χ0) is 13.3. The van der Waals surface area contributed by atoms with Gasteiger partial charge in [-0.3, -0.25) is 4.79 Å². The fraction of sp³-hybridized carbons (Fsp3) is 0.643. The third-order valence-electron chi connectivity index (χ3n) is 3.70. The normalized spacial score (nSPS) is 18.4. The third-order valence-corrected chi connectivity index (χ3v) is 4.87. The third kappa shape index (κ3) is 3.12. The number of nitrogens with zero attached hydrogens (tertiary/aromatic N) is 1. The van der Waals surface area contributed by atoms with Crippen molar-refractivity contribution in [3.05, 3.63) is 21.9 Å². The highest BCUT2D eigenvalue weighted by molar-refractivity contribution is 7.12. The lowest BCUT2D eigenvalue weighted by Gasteiger charge is -2.27. The molecular formula is C14H22N2OS. The Morgan fingerprint density at radius 3 is 2.72 bits per heavy atom. The number of thiophene rings is 1. The Hall–Kier alpha value is -0.870. The number of rotatable bonds is 5. The Labute approximate surface area is 113 Å². The van der Waals surface area contributed by atoms with Crippen molar-refractivity contribution in [1.29, 1.82) is 0 Å². The van der Waals surface area contributed by atoms with E-state index in [4.69, 9.17) is 5.73 Å². The molecule has 1 unspecified atom stereocenters. The first-order valence-electron chi connectivity index (χ1n) is 6.57. The van der Waals surface area contributed by atoms with Crippen molar-refractivity contribution in [1.82, 2.24) is 4.90 Å². The molecule has 0 spiro atoms. The van der Waals surface area contributed by atoms with Crippen LogP contribution in [0.3, 0.4) is 0 Å². The second-order valence-corrected chi connectivity index (χ2v) is 6.68. The van der Waals surface area contributed by atoms with Crippen LogP contribution in [0.1, 0.15) is 42.0 Å². The second-order valence-electron chi connectivity index (χ2n) is 5.36. The van der Waals surface area contributed by atoms with Gasteiger partial charge in [-0.25, -0.2) is 0 Å². The van der Waals surface area contributed by atoms with Gasteiger partial charge in [0.05, 0.1) is 12.1 Å². The molecule has 18 heavy (non-hydrogen) atoms. The number of amides is 1. The predicted octanol–water partition coefficient (Wildman–Crippen LogP) is 2.70. The molecular weight excluding hydrogens is 244 g/mol. The molecule has 0 bridgehead atoms. The van der Waals surface area contributed by atoms with Crippen molar-refractivity contribution in [3.8, 4) is 0 Å². The van der Waals surface area contributed by atoms with Crippen molar-refractivity contribution in [2.24, 2.45) is 11.7 Å². The Balaban J connectivity index is 1.96. The first-order valence-corrected chi connectivity index (χ1v) is 7.39. The Morgan fingerprint density at radius 1 is 1.56 bits per heavy atom. The topological polar surface area (TPSA) is 46.3 Å². The highest BCUT2D eigenvalue weighted by atomic mass is 32.1. The highest BCUT2D eigenvalue weighted by Crippen LogP contribution is 2.34. The summed E-state index contributed by atoms with van der Waals surface area (Å²) in [5.41, 5.74) is 5.99. The average molecular weight is 266 g/mol. The molecule has 0 aromatic carbocycles. The minimum Gasteiger partial charge on any atom is -0.337 e. The average Bonchev–Trinajstić information content (AvgIpc) is 3.05. The summed E-state index contributed by atoms with van der Waals surface area (Å²) >= 11 is 1.74. The molecule has 4 heteroatoms. The van der Waals surface area contributed by atoms with Gasteiger partial charge in [0, 0.05) is 16.8 Å². The molecule has 2 rings (SSSR count). The van der Waals surface area contributed by atoms with Gasteiger partial charge in [-0.1, -0.05) is 12.8 Å². The van der Waals surface area contributed by atoms with Crippen LogP contribution in [-0.2, 0) is 4.79 Å². The standard InChI is InChI=1S/C14H22N2OS/c1-9-4-7-13(18-9)10(2)16(3)14(17)12(15)8-11-5-6-11/h4,7,10-12H,5-6,8,15H2,1-3H3/t10?,12-/m0/s1. The van der Waals surface area contributed by atoms with E-state index >= 15 is 0 Å². The molecule has 1 amide bonds.